The minimum Gasteiger partial charge on any atom is -0.307 e. The molecule has 2 atom stereocenters. The third-order valence-corrected chi connectivity index (χ3v) is 8.49. The van der Waals surface area contributed by atoms with Crippen LogP contribution >= 0.6 is 15.2 Å². The minimum atomic E-state index is -5.63. The van der Waals surface area contributed by atoms with Crippen LogP contribution in [0.5, 0.6) is 0 Å². The molecule has 0 amide bonds. The zero-order chi connectivity index (χ0) is 18.7. The summed E-state index contributed by atoms with van der Waals surface area (Å²) in [5.41, 5.74) is -10.3. The molecular weight excluding hydrogens is 386 g/mol. The molecule has 136 valence electrons. The highest BCUT2D eigenvalue weighted by Crippen LogP contribution is 2.80. The standard InChI is InChI=1S/C14H12F4O5P2/c1-21-24(19)13(15,16)11-7-3-6-10-9(11)5-4-8-12(10)14(17,18)25(20,22-2)23-24/h3-8H,1-2H3. The van der Waals surface area contributed by atoms with Gasteiger partial charge in [0.15, 0.2) is 0 Å². The molecule has 2 aromatic carbocycles. The number of rotatable bonds is 2. The summed E-state index contributed by atoms with van der Waals surface area (Å²) >= 11 is 0. The van der Waals surface area contributed by atoms with Gasteiger partial charge in [0, 0.05) is 25.3 Å². The molecule has 3 rings (SSSR count). The largest absolute Gasteiger partial charge is 0.411 e. The Kier molecular flexibility index (Phi) is 4.18. The van der Waals surface area contributed by atoms with Crippen LogP contribution in [-0.2, 0) is 33.8 Å². The van der Waals surface area contributed by atoms with Crippen LogP contribution in [0.4, 0.5) is 17.6 Å². The molecule has 4 bridgehead atoms. The van der Waals surface area contributed by atoms with Crippen molar-refractivity contribution in [2.24, 2.45) is 0 Å². The lowest BCUT2D eigenvalue weighted by molar-refractivity contribution is 0.0340. The van der Waals surface area contributed by atoms with E-state index >= 15 is 0 Å². The third kappa shape index (κ3) is 2.34. The second-order valence-electron chi connectivity index (χ2n) is 5.23. The van der Waals surface area contributed by atoms with Gasteiger partial charge in [0.2, 0.25) is 0 Å². The van der Waals surface area contributed by atoms with Gasteiger partial charge in [-0.2, -0.15) is 17.6 Å². The summed E-state index contributed by atoms with van der Waals surface area (Å²) in [5, 5.41) is -0.565. The highest BCUT2D eigenvalue weighted by molar-refractivity contribution is 7.68. The van der Waals surface area contributed by atoms with E-state index in [9.17, 15) is 26.7 Å². The van der Waals surface area contributed by atoms with Gasteiger partial charge in [-0.05, 0) is 10.8 Å². The molecule has 0 aromatic heterocycles. The Balaban J connectivity index is 2.54. The van der Waals surface area contributed by atoms with Crippen LogP contribution in [0.3, 0.4) is 0 Å². The first-order valence-electron chi connectivity index (χ1n) is 6.85. The fraction of sp³-hybridized carbons (Fsp3) is 0.286. The number of halogens is 4. The van der Waals surface area contributed by atoms with Crippen molar-refractivity contribution in [2.45, 2.75) is 11.3 Å². The lowest BCUT2D eigenvalue weighted by Gasteiger charge is -2.30. The van der Waals surface area contributed by atoms with Crippen LogP contribution in [0.2, 0.25) is 0 Å². The van der Waals surface area contributed by atoms with Gasteiger partial charge in [-0.3, -0.25) is 9.13 Å². The highest BCUT2D eigenvalue weighted by atomic mass is 31.3. The highest BCUT2D eigenvalue weighted by Gasteiger charge is 2.66. The van der Waals surface area contributed by atoms with Crippen molar-refractivity contribution in [1.29, 1.82) is 0 Å². The normalized spacial score (nSPS) is 30.6. The van der Waals surface area contributed by atoms with Crippen molar-refractivity contribution in [2.75, 3.05) is 14.2 Å². The van der Waals surface area contributed by atoms with Crippen molar-refractivity contribution in [3.8, 4) is 0 Å². The van der Waals surface area contributed by atoms with Crippen LogP contribution < -0.4 is 0 Å². The predicted molar refractivity (Wildman–Crippen MR) is 82.1 cm³/mol. The SMILES string of the molecule is COP1(=O)OP(=O)(OC)C(F)(F)c2cccc3c(cccc23)C1(F)F. The van der Waals surface area contributed by atoms with Crippen molar-refractivity contribution < 1.29 is 40.0 Å². The summed E-state index contributed by atoms with van der Waals surface area (Å²) < 4.78 is 97.9. The maximum atomic E-state index is 14.9. The fourth-order valence-electron chi connectivity index (χ4n) is 2.67. The Labute approximate surface area is 139 Å². The third-order valence-electron chi connectivity index (χ3n) is 3.95. The molecule has 11 heteroatoms. The van der Waals surface area contributed by atoms with Crippen molar-refractivity contribution in [3.05, 3.63) is 47.5 Å². The maximum Gasteiger partial charge on any atom is 0.411 e. The summed E-state index contributed by atoms with van der Waals surface area (Å²) in [4.78, 5) is 0. The van der Waals surface area contributed by atoms with E-state index in [1.54, 1.807) is 0 Å². The molecule has 0 saturated carbocycles. The van der Waals surface area contributed by atoms with E-state index in [0.717, 1.165) is 24.3 Å². The van der Waals surface area contributed by atoms with E-state index in [0.29, 0.717) is 14.2 Å². The van der Waals surface area contributed by atoms with Gasteiger partial charge in [0.1, 0.15) is 0 Å². The minimum absolute atomic E-state index is 0.282. The van der Waals surface area contributed by atoms with E-state index in [4.69, 9.17) is 0 Å². The molecule has 0 N–H and O–H groups in total. The molecule has 2 aromatic rings. The van der Waals surface area contributed by atoms with E-state index in [2.05, 4.69) is 13.4 Å². The quantitative estimate of drug-likeness (QED) is 0.484. The molecule has 25 heavy (non-hydrogen) atoms. The van der Waals surface area contributed by atoms with Gasteiger partial charge in [0.25, 0.3) is 0 Å². The summed E-state index contributed by atoms with van der Waals surface area (Å²) in [7, 11) is -10.1. The van der Waals surface area contributed by atoms with E-state index < -0.39 is 37.6 Å². The molecule has 0 aliphatic carbocycles. The molecule has 1 aliphatic heterocycles. The number of hydrogen-bond donors (Lipinski definition) is 0. The summed E-state index contributed by atoms with van der Waals surface area (Å²) in [6, 6.07) is 6.38. The van der Waals surface area contributed by atoms with Crippen molar-refractivity contribution >= 4 is 26.0 Å². The smallest absolute Gasteiger partial charge is 0.307 e. The Morgan fingerprint density at radius 3 is 1.48 bits per heavy atom. The Hall–Kier alpha value is -1.24. The van der Waals surface area contributed by atoms with Crippen LogP contribution in [0.1, 0.15) is 11.1 Å². The van der Waals surface area contributed by atoms with E-state index in [-0.39, 0.29) is 10.8 Å². The molecule has 0 fully saturated rings. The Morgan fingerprint density at radius 1 is 0.800 bits per heavy atom. The van der Waals surface area contributed by atoms with Crippen molar-refractivity contribution in [3.63, 3.8) is 0 Å². The first kappa shape index (κ1) is 18.5. The fourth-order valence-corrected chi connectivity index (χ4v) is 6.59. The monoisotopic (exact) mass is 398 g/mol. The molecule has 2 unspecified atom stereocenters. The lowest BCUT2D eigenvalue weighted by Crippen LogP contribution is -2.20. The summed E-state index contributed by atoms with van der Waals surface area (Å²) in [6.07, 6.45) is 0. The van der Waals surface area contributed by atoms with Gasteiger partial charge in [-0.1, -0.05) is 36.4 Å². The molecule has 5 nitrogen and oxygen atoms in total. The number of benzene rings is 2. The topological polar surface area (TPSA) is 61.8 Å². The van der Waals surface area contributed by atoms with Gasteiger partial charge < -0.3 is 9.05 Å². The first-order chi connectivity index (χ1) is 11.5. The molecular formula is C14H12F4O5P2. The predicted octanol–water partition coefficient (Wildman–Crippen LogP) is 5.65. The van der Waals surface area contributed by atoms with E-state index in [1.807, 2.05) is 0 Å². The second-order valence-corrected chi connectivity index (χ2v) is 9.73. The van der Waals surface area contributed by atoms with Crippen LogP contribution in [-0.4, -0.2) is 14.2 Å². The van der Waals surface area contributed by atoms with Gasteiger partial charge in [-0.25, -0.2) is 4.31 Å². The number of hydrogen-bond acceptors (Lipinski definition) is 5. The zero-order valence-corrected chi connectivity index (χ0v) is 14.7. The first-order valence-corrected chi connectivity index (χ1v) is 9.94. The summed E-state index contributed by atoms with van der Waals surface area (Å²) in [6.45, 7) is 0. The van der Waals surface area contributed by atoms with Gasteiger partial charge in [0.05, 0.1) is 0 Å². The number of alkyl halides is 4. The molecule has 0 spiro atoms. The van der Waals surface area contributed by atoms with Crippen LogP contribution in [0, 0.1) is 0 Å². The average molecular weight is 398 g/mol. The molecule has 1 aliphatic rings. The Bertz CT molecular complexity index is 871. The Morgan fingerprint density at radius 2 is 1.16 bits per heavy atom. The molecule has 0 saturated heterocycles. The zero-order valence-electron chi connectivity index (χ0n) is 12.9. The van der Waals surface area contributed by atoms with Gasteiger partial charge in [-0.15, -0.1) is 0 Å². The van der Waals surface area contributed by atoms with Crippen LogP contribution in [0.15, 0.2) is 36.4 Å². The molecule has 1 heterocycles. The lowest BCUT2D eigenvalue weighted by atomic mass is 10.00. The van der Waals surface area contributed by atoms with Crippen LogP contribution in [0.25, 0.3) is 10.8 Å². The summed E-state index contributed by atoms with van der Waals surface area (Å²) in [5.74, 6) is 0. The van der Waals surface area contributed by atoms with Crippen molar-refractivity contribution in [1.82, 2.24) is 0 Å². The van der Waals surface area contributed by atoms with E-state index in [1.165, 1.54) is 12.1 Å². The molecule has 0 radical (unpaired) electrons. The maximum absolute atomic E-state index is 14.9. The second kappa shape index (κ2) is 5.63. The van der Waals surface area contributed by atoms with Gasteiger partial charge >= 0.3 is 26.5 Å². The average Bonchev–Trinajstić information content (AvgIpc) is 2.59.